The molecular formula is C16H22BrFN2O2. The van der Waals surface area contributed by atoms with E-state index in [1.807, 2.05) is 4.90 Å². The number of nitrogens with zero attached hydrogens (tertiary/aromatic N) is 1. The van der Waals surface area contributed by atoms with Crippen molar-refractivity contribution in [3.05, 3.63) is 28.5 Å². The van der Waals surface area contributed by atoms with Gasteiger partial charge in [-0.15, -0.1) is 0 Å². The maximum Gasteiger partial charge on any atom is 0.260 e. The van der Waals surface area contributed by atoms with Crippen molar-refractivity contribution in [1.82, 2.24) is 10.2 Å². The highest BCUT2D eigenvalue weighted by molar-refractivity contribution is 9.10. The summed E-state index contributed by atoms with van der Waals surface area (Å²) < 4.78 is 19.7. The van der Waals surface area contributed by atoms with E-state index >= 15 is 0 Å². The first-order valence-electron chi connectivity index (χ1n) is 7.70. The van der Waals surface area contributed by atoms with Crippen LogP contribution in [0.2, 0.25) is 0 Å². The van der Waals surface area contributed by atoms with Gasteiger partial charge in [0.25, 0.3) is 5.91 Å². The molecule has 0 aliphatic carbocycles. The number of carbonyl (C=O) groups excluding carboxylic acids is 1. The Labute approximate surface area is 139 Å². The lowest BCUT2D eigenvalue weighted by atomic mass is 10.0. The van der Waals surface area contributed by atoms with Crippen molar-refractivity contribution in [2.75, 3.05) is 26.2 Å². The lowest BCUT2D eigenvalue weighted by Gasteiger charge is -2.34. The van der Waals surface area contributed by atoms with Crippen molar-refractivity contribution in [3.63, 3.8) is 0 Å². The molecule has 1 aliphatic heterocycles. The second-order valence-electron chi connectivity index (χ2n) is 5.43. The van der Waals surface area contributed by atoms with Crippen molar-refractivity contribution >= 4 is 21.8 Å². The van der Waals surface area contributed by atoms with Gasteiger partial charge in [-0.3, -0.25) is 4.79 Å². The fourth-order valence-electron chi connectivity index (χ4n) is 2.68. The van der Waals surface area contributed by atoms with Crippen LogP contribution < -0.4 is 10.1 Å². The first-order chi connectivity index (χ1) is 10.6. The van der Waals surface area contributed by atoms with Crippen LogP contribution >= 0.6 is 15.9 Å². The van der Waals surface area contributed by atoms with Gasteiger partial charge in [-0.1, -0.05) is 22.9 Å². The van der Waals surface area contributed by atoms with E-state index in [2.05, 4.69) is 28.2 Å². The molecule has 6 heteroatoms. The number of hydrogen-bond donors (Lipinski definition) is 1. The number of ether oxygens (including phenoxy) is 1. The number of benzene rings is 1. The smallest absolute Gasteiger partial charge is 0.260 e. The van der Waals surface area contributed by atoms with E-state index in [0.717, 1.165) is 38.9 Å². The lowest BCUT2D eigenvalue weighted by Crippen LogP contribution is -2.48. The molecule has 1 aromatic rings. The Morgan fingerprint density at radius 3 is 2.82 bits per heavy atom. The largest absolute Gasteiger partial charge is 0.481 e. The van der Waals surface area contributed by atoms with Gasteiger partial charge in [0, 0.05) is 17.1 Å². The number of piperidine rings is 1. The molecule has 0 atom stereocenters. The molecule has 2 rings (SSSR count). The third-order valence-electron chi connectivity index (χ3n) is 3.78. The molecule has 0 aromatic heterocycles. The summed E-state index contributed by atoms with van der Waals surface area (Å²) in [6.45, 7) is 4.51. The molecule has 1 aromatic carbocycles. The fourth-order valence-corrected chi connectivity index (χ4v) is 3.02. The quantitative estimate of drug-likeness (QED) is 0.834. The highest BCUT2D eigenvalue weighted by Crippen LogP contribution is 2.21. The van der Waals surface area contributed by atoms with Crippen LogP contribution in [0, 0.1) is 5.82 Å². The Kier molecular flexibility index (Phi) is 6.64. The normalized spacial score (nSPS) is 15.6. The van der Waals surface area contributed by atoms with E-state index in [-0.39, 0.29) is 24.3 Å². The Morgan fingerprint density at radius 2 is 2.18 bits per heavy atom. The van der Waals surface area contributed by atoms with Crippen molar-refractivity contribution < 1.29 is 13.9 Å². The number of hydrogen-bond acceptors (Lipinski definition) is 3. The molecule has 22 heavy (non-hydrogen) atoms. The van der Waals surface area contributed by atoms with Crippen LogP contribution in [0.25, 0.3) is 0 Å². The van der Waals surface area contributed by atoms with E-state index in [1.54, 1.807) is 6.07 Å². The summed E-state index contributed by atoms with van der Waals surface area (Å²) in [5.41, 5.74) is 0. The summed E-state index contributed by atoms with van der Waals surface area (Å²) in [5, 5.41) is 3.30. The molecule has 0 bridgehead atoms. The van der Waals surface area contributed by atoms with Gasteiger partial charge >= 0.3 is 0 Å². The minimum Gasteiger partial charge on any atom is -0.481 e. The summed E-state index contributed by atoms with van der Waals surface area (Å²) in [4.78, 5) is 14.3. The van der Waals surface area contributed by atoms with Gasteiger partial charge in [0.1, 0.15) is 0 Å². The minimum absolute atomic E-state index is 0.0731. The van der Waals surface area contributed by atoms with Gasteiger partial charge in [0.05, 0.1) is 0 Å². The average molecular weight is 373 g/mol. The molecule has 1 amide bonds. The lowest BCUT2D eigenvalue weighted by molar-refractivity contribution is -0.136. The van der Waals surface area contributed by atoms with Crippen molar-refractivity contribution in [2.45, 2.75) is 32.2 Å². The molecule has 122 valence electrons. The number of rotatable bonds is 6. The summed E-state index contributed by atoms with van der Waals surface area (Å²) in [7, 11) is 0. The van der Waals surface area contributed by atoms with Crippen LogP contribution in [0.3, 0.4) is 0 Å². The second kappa shape index (κ2) is 8.48. The molecule has 1 saturated heterocycles. The zero-order chi connectivity index (χ0) is 15.9. The monoisotopic (exact) mass is 372 g/mol. The van der Waals surface area contributed by atoms with E-state index in [0.29, 0.717) is 4.47 Å². The van der Waals surface area contributed by atoms with E-state index in [1.165, 1.54) is 12.1 Å². The minimum atomic E-state index is -0.467. The molecule has 0 spiro atoms. The molecule has 4 nitrogen and oxygen atoms in total. The SMILES string of the molecule is CCCN(C(=O)COc1ccc(Br)cc1F)C1CCNCC1. The fraction of sp³-hybridized carbons (Fsp3) is 0.562. The molecule has 1 fully saturated rings. The summed E-state index contributed by atoms with van der Waals surface area (Å²) in [5.74, 6) is -0.430. The summed E-state index contributed by atoms with van der Waals surface area (Å²) >= 11 is 3.20. The van der Waals surface area contributed by atoms with E-state index in [4.69, 9.17) is 4.74 Å². The molecule has 1 heterocycles. The summed E-state index contributed by atoms with van der Waals surface area (Å²) in [6.07, 6.45) is 2.82. The van der Waals surface area contributed by atoms with Gasteiger partial charge in [-0.25, -0.2) is 4.39 Å². The van der Waals surface area contributed by atoms with Crippen LogP contribution in [-0.2, 0) is 4.79 Å². The van der Waals surface area contributed by atoms with Gasteiger partial charge in [0.15, 0.2) is 18.2 Å². The van der Waals surface area contributed by atoms with E-state index < -0.39 is 5.82 Å². The highest BCUT2D eigenvalue weighted by Gasteiger charge is 2.25. The van der Waals surface area contributed by atoms with E-state index in [9.17, 15) is 9.18 Å². The van der Waals surface area contributed by atoms with Gasteiger partial charge in [-0.2, -0.15) is 0 Å². The highest BCUT2D eigenvalue weighted by atomic mass is 79.9. The van der Waals surface area contributed by atoms with Gasteiger partial charge in [-0.05, 0) is 50.6 Å². The second-order valence-corrected chi connectivity index (χ2v) is 6.35. The van der Waals surface area contributed by atoms with Gasteiger partial charge in [0.2, 0.25) is 0 Å². The van der Waals surface area contributed by atoms with Crippen molar-refractivity contribution in [1.29, 1.82) is 0 Å². The number of amides is 1. The van der Waals surface area contributed by atoms with Crippen molar-refractivity contribution in [3.8, 4) is 5.75 Å². The first kappa shape index (κ1) is 17.2. The molecular weight excluding hydrogens is 351 g/mol. The zero-order valence-corrected chi connectivity index (χ0v) is 14.4. The topological polar surface area (TPSA) is 41.6 Å². The maximum atomic E-state index is 13.7. The van der Waals surface area contributed by atoms with Crippen LogP contribution in [0.1, 0.15) is 26.2 Å². The third-order valence-corrected chi connectivity index (χ3v) is 4.27. The Bertz CT molecular complexity index is 507. The molecule has 0 saturated carbocycles. The molecule has 0 radical (unpaired) electrons. The van der Waals surface area contributed by atoms with Gasteiger partial charge < -0.3 is 15.0 Å². The predicted octanol–water partition coefficient (Wildman–Crippen LogP) is 2.96. The predicted molar refractivity (Wildman–Crippen MR) is 87.5 cm³/mol. The molecule has 1 N–H and O–H groups in total. The Morgan fingerprint density at radius 1 is 1.45 bits per heavy atom. The first-order valence-corrected chi connectivity index (χ1v) is 8.49. The molecule has 1 aliphatic rings. The zero-order valence-electron chi connectivity index (χ0n) is 12.8. The maximum absolute atomic E-state index is 13.7. The third kappa shape index (κ3) is 4.68. The molecule has 0 unspecified atom stereocenters. The number of carbonyl (C=O) groups is 1. The standard InChI is InChI=1S/C16H22BrFN2O2/c1-2-9-20(13-5-7-19-8-6-13)16(21)11-22-15-4-3-12(17)10-14(15)18/h3-4,10,13,19H,2,5-9,11H2,1H3. The van der Waals surface area contributed by atoms with Crippen LogP contribution in [0.15, 0.2) is 22.7 Å². The number of nitrogens with one attached hydrogen (secondary N) is 1. The number of halogens is 2. The van der Waals surface area contributed by atoms with Crippen LogP contribution in [0.5, 0.6) is 5.75 Å². The Hall–Kier alpha value is -1.14. The van der Waals surface area contributed by atoms with Crippen LogP contribution in [-0.4, -0.2) is 43.1 Å². The van der Waals surface area contributed by atoms with Crippen molar-refractivity contribution in [2.24, 2.45) is 0 Å². The van der Waals surface area contributed by atoms with Crippen LogP contribution in [0.4, 0.5) is 4.39 Å². The Balaban J connectivity index is 1.95. The average Bonchev–Trinajstić information content (AvgIpc) is 2.52. The summed E-state index contributed by atoms with van der Waals surface area (Å²) in [6, 6.07) is 4.81.